The zero-order valence-corrected chi connectivity index (χ0v) is 11.2. The van der Waals surface area contributed by atoms with E-state index in [4.69, 9.17) is 9.47 Å². The van der Waals surface area contributed by atoms with Crippen LogP contribution in [0.4, 0.5) is 5.69 Å². The minimum Gasteiger partial charge on any atom is -0.454 e. The lowest BCUT2D eigenvalue weighted by Gasteiger charge is -2.34. The summed E-state index contributed by atoms with van der Waals surface area (Å²) in [5.41, 5.74) is 1.82. The van der Waals surface area contributed by atoms with Gasteiger partial charge in [0.05, 0.1) is 0 Å². The van der Waals surface area contributed by atoms with Crippen molar-refractivity contribution in [3.8, 4) is 11.5 Å². The SMILES string of the molecule is c1cc2c(cc1N1CCC3(CCNCC3)C1)OCO2. The van der Waals surface area contributed by atoms with E-state index in [2.05, 4.69) is 22.3 Å². The quantitative estimate of drug-likeness (QED) is 0.837. The molecule has 0 amide bonds. The molecule has 0 saturated carbocycles. The molecule has 1 aromatic carbocycles. The Morgan fingerprint density at radius 1 is 1.05 bits per heavy atom. The fourth-order valence-corrected chi connectivity index (χ4v) is 3.60. The summed E-state index contributed by atoms with van der Waals surface area (Å²) in [7, 11) is 0. The van der Waals surface area contributed by atoms with E-state index < -0.39 is 0 Å². The number of nitrogens with zero attached hydrogens (tertiary/aromatic N) is 1. The van der Waals surface area contributed by atoms with Gasteiger partial charge in [-0.15, -0.1) is 0 Å². The van der Waals surface area contributed by atoms with Gasteiger partial charge in [-0.3, -0.25) is 0 Å². The second kappa shape index (κ2) is 4.30. The van der Waals surface area contributed by atoms with Gasteiger partial charge >= 0.3 is 0 Å². The van der Waals surface area contributed by atoms with Crippen molar-refractivity contribution in [1.82, 2.24) is 5.32 Å². The van der Waals surface area contributed by atoms with Gasteiger partial charge in [0.25, 0.3) is 0 Å². The number of piperidine rings is 1. The monoisotopic (exact) mass is 260 g/mol. The normalized spacial score (nSPS) is 24.1. The van der Waals surface area contributed by atoms with E-state index in [-0.39, 0.29) is 0 Å². The van der Waals surface area contributed by atoms with E-state index in [0.29, 0.717) is 12.2 Å². The molecule has 1 spiro atoms. The van der Waals surface area contributed by atoms with Crippen LogP contribution in [0.5, 0.6) is 11.5 Å². The number of rotatable bonds is 1. The molecule has 0 aromatic heterocycles. The van der Waals surface area contributed by atoms with Crippen molar-refractivity contribution in [2.75, 3.05) is 37.9 Å². The Balaban J connectivity index is 1.54. The highest BCUT2D eigenvalue weighted by Gasteiger charge is 2.39. The van der Waals surface area contributed by atoms with Gasteiger partial charge in [-0.1, -0.05) is 0 Å². The number of benzene rings is 1. The van der Waals surface area contributed by atoms with Gasteiger partial charge in [0, 0.05) is 24.8 Å². The Bertz CT molecular complexity index is 483. The molecule has 4 nitrogen and oxygen atoms in total. The summed E-state index contributed by atoms with van der Waals surface area (Å²) < 4.78 is 10.9. The molecule has 102 valence electrons. The molecule has 3 aliphatic heterocycles. The first kappa shape index (κ1) is 11.4. The highest BCUT2D eigenvalue weighted by molar-refractivity contribution is 5.57. The van der Waals surface area contributed by atoms with Crippen molar-refractivity contribution in [2.45, 2.75) is 19.3 Å². The van der Waals surface area contributed by atoms with Crippen LogP contribution in [0, 0.1) is 5.41 Å². The van der Waals surface area contributed by atoms with Gasteiger partial charge in [0.15, 0.2) is 11.5 Å². The van der Waals surface area contributed by atoms with E-state index in [1.165, 1.54) is 51.1 Å². The van der Waals surface area contributed by atoms with Crippen molar-refractivity contribution in [2.24, 2.45) is 5.41 Å². The second-order valence-corrected chi connectivity index (χ2v) is 5.96. The summed E-state index contributed by atoms with van der Waals surface area (Å²) in [6, 6.07) is 6.32. The van der Waals surface area contributed by atoms with Crippen LogP contribution in [0.3, 0.4) is 0 Å². The van der Waals surface area contributed by atoms with E-state index >= 15 is 0 Å². The molecule has 0 radical (unpaired) electrons. The molecular weight excluding hydrogens is 240 g/mol. The molecule has 0 atom stereocenters. The van der Waals surface area contributed by atoms with E-state index in [9.17, 15) is 0 Å². The summed E-state index contributed by atoms with van der Waals surface area (Å²) in [5, 5.41) is 3.47. The summed E-state index contributed by atoms with van der Waals surface area (Å²) >= 11 is 0. The number of hydrogen-bond acceptors (Lipinski definition) is 4. The lowest BCUT2D eigenvalue weighted by Crippen LogP contribution is -2.38. The van der Waals surface area contributed by atoms with Crippen LogP contribution in [0.15, 0.2) is 18.2 Å². The molecule has 3 heterocycles. The fourth-order valence-electron chi connectivity index (χ4n) is 3.60. The van der Waals surface area contributed by atoms with Crippen molar-refractivity contribution in [3.05, 3.63) is 18.2 Å². The highest BCUT2D eigenvalue weighted by Crippen LogP contribution is 2.42. The standard InChI is InChI=1S/C15H20N2O2/c1-2-13-14(19-11-18-13)9-12(1)17-8-5-15(10-17)3-6-16-7-4-15/h1-2,9,16H,3-8,10-11H2. The minimum atomic E-state index is 0.356. The topological polar surface area (TPSA) is 33.7 Å². The molecule has 4 heteroatoms. The zero-order chi connectivity index (χ0) is 12.7. The number of anilines is 1. The van der Waals surface area contributed by atoms with Crippen LogP contribution >= 0.6 is 0 Å². The third kappa shape index (κ3) is 1.94. The molecule has 3 aliphatic rings. The number of ether oxygens (including phenoxy) is 2. The van der Waals surface area contributed by atoms with Gasteiger partial charge in [-0.05, 0) is 49.9 Å². The average Bonchev–Trinajstić information content (AvgIpc) is 3.06. The summed E-state index contributed by atoms with van der Waals surface area (Å²) in [6.07, 6.45) is 3.95. The van der Waals surface area contributed by atoms with Gasteiger partial charge in [-0.2, -0.15) is 0 Å². The first-order valence-electron chi connectivity index (χ1n) is 7.20. The molecular formula is C15H20N2O2. The van der Waals surface area contributed by atoms with Crippen LogP contribution in [0.25, 0.3) is 0 Å². The third-order valence-electron chi connectivity index (χ3n) is 4.82. The van der Waals surface area contributed by atoms with Crippen LogP contribution in [-0.2, 0) is 0 Å². The Morgan fingerprint density at radius 2 is 1.89 bits per heavy atom. The van der Waals surface area contributed by atoms with Crippen LogP contribution < -0.4 is 19.7 Å². The Kier molecular flexibility index (Phi) is 2.58. The second-order valence-electron chi connectivity index (χ2n) is 5.96. The van der Waals surface area contributed by atoms with Crippen molar-refractivity contribution in [3.63, 3.8) is 0 Å². The highest BCUT2D eigenvalue weighted by atomic mass is 16.7. The van der Waals surface area contributed by atoms with Crippen molar-refractivity contribution < 1.29 is 9.47 Å². The Hall–Kier alpha value is -1.42. The molecule has 1 N–H and O–H groups in total. The van der Waals surface area contributed by atoms with E-state index in [1.807, 2.05) is 6.07 Å². The molecule has 0 bridgehead atoms. The molecule has 1 aromatic rings. The van der Waals surface area contributed by atoms with Crippen molar-refractivity contribution in [1.29, 1.82) is 0 Å². The Morgan fingerprint density at radius 3 is 2.79 bits per heavy atom. The average molecular weight is 260 g/mol. The lowest BCUT2D eigenvalue weighted by molar-refractivity contribution is 0.174. The van der Waals surface area contributed by atoms with E-state index in [0.717, 1.165) is 11.5 Å². The maximum absolute atomic E-state index is 5.48. The molecule has 19 heavy (non-hydrogen) atoms. The molecule has 0 aliphatic carbocycles. The van der Waals surface area contributed by atoms with Crippen LogP contribution in [-0.4, -0.2) is 33.0 Å². The largest absolute Gasteiger partial charge is 0.454 e. The predicted octanol–water partition coefficient (Wildman–Crippen LogP) is 2.00. The fraction of sp³-hybridized carbons (Fsp3) is 0.600. The first-order valence-corrected chi connectivity index (χ1v) is 7.20. The van der Waals surface area contributed by atoms with Crippen LogP contribution in [0.1, 0.15) is 19.3 Å². The maximum Gasteiger partial charge on any atom is 0.231 e. The van der Waals surface area contributed by atoms with Gasteiger partial charge < -0.3 is 19.7 Å². The smallest absolute Gasteiger partial charge is 0.231 e. The maximum atomic E-state index is 5.48. The summed E-state index contributed by atoms with van der Waals surface area (Å²) in [6.45, 7) is 5.06. The lowest BCUT2D eigenvalue weighted by atomic mass is 9.78. The van der Waals surface area contributed by atoms with Crippen LogP contribution in [0.2, 0.25) is 0 Å². The van der Waals surface area contributed by atoms with Gasteiger partial charge in [0.2, 0.25) is 6.79 Å². The van der Waals surface area contributed by atoms with Gasteiger partial charge in [-0.25, -0.2) is 0 Å². The predicted molar refractivity (Wildman–Crippen MR) is 73.9 cm³/mol. The van der Waals surface area contributed by atoms with Gasteiger partial charge in [0.1, 0.15) is 0 Å². The number of nitrogens with one attached hydrogen (secondary N) is 1. The summed E-state index contributed by atoms with van der Waals surface area (Å²) in [4.78, 5) is 2.51. The van der Waals surface area contributed by atoms with Crippen molar-refractivity contribution >= 4 is 5.69 Å². The molecule has 0 unspecified atom stereocenters. The number of fused-ring (bicyclic) bond motifs is 1. The molecule has 2 saturated heterocycles. The Labute approximate surface area is 113 Å². The van der Waals surface area contributed by atoms with E-state index in [1.54, 1.807) is 0 Å². The third-order valence-corrected chi connectivity index (χ3v) is 4.82. The molecule has 2 fully saturated rings. The minimum absolute atomic E-state index is 0.356. The summed E-state index contributed by atoms with van der Waals surface area (Å²) in [5.74, 6) is 1.77. The zero-order valence-electron chi connectivity index (χ0n) is 11.2. The molecule has 4 rings (SSSR count). The number of hydrogen-bond donors (Lipinski definition) is 1. The first-order chi connectivity index (χ1) is 9.35.